The predicted octanol–water partition coefficient (Wildman–Crippen LogP) is 12.3. The standard InChI is InChI=1S/C22H13F7N2O4.C15H7ClF6O3.C7H7FN2O/c23-15-7-1-10(9-14(15)20(30)32)31-21(33)17-16(8-6-13(18(17)24)19(25)26)34-11-2-4-12(5-3-11)35-22(27,28)29;16-13(23)11-10(6-5-9(12(11)17)14(18)19)24-7-1-3-8(4-2-7)25-15(20,21)22;8-6-2-1-4(9)3-5(6)7(10)11/h1-9,19H,(H2,30,32)(H,31,33);1-6,14H;1-3H,9H2,(H2,10,11). The number of primary amides is 2. The molecule has 6 aromatic carbocycles. The largest absolute Gasteiger partial charge is 0.573 e. The van der Waals surface area contributed by atoms with Crippen molar-refractivity contribution >= 4 is 45.9 Å². The minimum absolute atomic E-state index is 0.0992. The molecule has 0 aromatic heterocycles. The predicted molar refractivity (Wildman–Crippen MR) is 221 cm³/mol. The van der Waals surface area contributed by atoms with Crippen molar-refractivity contribution in [1.29, 1.82) is 0 Å². The SMILES string of the molecule is NC(=O)c1cc(N)ccc1F.NC(=O)c1cc(NC(=O)c2c(Oc3ccc(OC(F)(F)F)cc3)ccc(C(F)F)c2F)ccc1F.O=C(Cl)c1c(Oc2ccc(OC(F)(F)F)cc2)ccc(C(F)F)c1F. The van der Waals surface area contributed by atoms with Crippen LogP contribution in [0.1, 0.15) is 65.4 Å². The molecule has 0 radical (unpaired) electrons. The summed E-state index contributed by atoms with van der Waals surface area (Å²) in [7, 11) is 0. The van der Waals surface area contributed by atoms with Gasteiger partial charge in [-0.2, -0.15) is 0 Å². The molecule has 71 heavy (non-hydrogen) atoms. The van der Waals surface area contributed by atoms with Crippen LogP contribution in [0.5, 0.6) is 34.5 Å². The minimum Gasteiger partial charge on any atom is -0.456 e. The number of nitrogens with one attached hydrogen (secondary N) is 1. The highest BCUT2D eigenvalue weighted by molar-refractivity contribution is 6.68. The first-order valence-electron chi connectivity index (χ1n) is 18.8. The number of hydrogen-bond acceptors (Lipinski definition) is 9. The second kappa shape index (κ2) is 23.3. The van der Waals surface area contributed by atoms with Crippen LogP contribution >= 0.6 is 11.6 Å². The van der Waals surface area contributed by atoms with Crippen LogP contribution < -0.4 is 41.5 Å². The van der Waals surface area contributed by atoms with Crippen LogP contribution in [0.2, 0.25) is 0 Å². The van der Waals surface area contributed by atoms with E-state index in [1.54, 1.807) is 0 Å². The van der Waals surface area contributed by atoms with Crippen LogP contribution in [-0.2, 0) is 0 Å². The molecule has 7 N–H and O–H groups in total. The third-order valence-electron chi connectivity index (χ3n) is 8.48. The number of rotatable bonds is 13. The van der Waals surface area contributed by atoms with Crippen molar-refractivity contribution in [2.45, 2.75) is 25.6 Å². The van der Waals surface area contributed by atoms with Crippen molar-refractivity contribution in [3.8, 4) is 34.5 Å². The van der Waals surface area contributed by atoms with E-state index in [1.807, 2.05) is 0 Å². The fraction of sp³-hybridized carbons (Fsp3) is 0.0909. The molecule has 0 aliphatic rings. The Labute approximate surface area is 393 Å². The van der Waals surface area contributed by atoms with Crippen molar-refractivity contribution in [3.05, 3.63) is 166 Å². The number of carbonyl (C=O) groups excluding carboxylic acids is 4. The lowest BCUT2D eigenvalue weighted by atomic mass is 10.1. The first-order valence-corrected chi connectivity index (χ1v) is 19.2. The van der Waals surface area contributed by atoms with Gasteiger partial charge in [-0.1, -0.05) is 0 Å². The van der Waals surface area contributed by atoms with Gasteiger partial charge in [0, 0.05) is 11.4 Å². The molecule has 0 saturated heterocycles. The number of amides is 3. The molecule has 6 aromatic rings. The van der Waals surface area contributed by atoms with Crippen LogP contribution in [0.4, 0.5) is 72.8 Å². The highest BCUT2D eigenvalue weighted by Crippen LogP contribution is 2.37. The van der Waals surface area contributed by atoms with Crippen molar-refractivity contribution in [3.63, 3.8) is 0 Å². The average molecular weight is 1040 g/mol. The number of nitrogen functional groups attached to an aromatic ring is 1. The maximum atomic E-state index is 14.9. The Balaban J connectivity index is 0.000000263. The van der Waals surface area contributed by atoms with Gasteiger partial charge in [0.25, 0.3) is 35.8 Å². The average Bonchev–Trinajstić information content (AvgIpc) is 3.25. The molecule has 0 aliphatic heterocycles. The maximum absolute atomic E-state index is 14.9. The van der Waals surface area contributed by atoms with Gasteiger partial charge in [0.05, 0.1) is 22.3 Å². The minimum atomic E-state index is -4.95. The summed E-state index contributed by atoms with van der Waals surface area (Å²) in [5, 5.41) is 0.757. The van der Waals surface area contributed by atoms with Crippen molar-refractivity contribution in [2.75, 3.05) is 11.1 Å². The van der Waals surface area contributed by atoms with Crippen LogP contribution in [0, 0.1) is 23.3 Å². The van der Waals surface area contributed by atoms with Gasteiger partial charge in [-0.25, -0.2) is 35.1 Å². The first kappa shape index (κ1) is 55.3. The topological polar surface area (TPSA) is 195 Å². The van der Waals surface area contributed by atoms with Crippen molar-refractivity contribution in [1.82, 2.24) is 0 Å². The Bertz CT molecular complexity index is 2910. The Morgan fingerprint density at radius 3 is 1.28 bits per heavy atom. The summed E-state index contributed by atoms with van der Waals surface area (Å²) >= 11 is 5.21. The molecule has 0 heterocycles. The van der Waals surface area contributed by atoms with Crippen LogP contribution in [0.15, 0.2) is 109 Å². The number of ether oxygens (including phenoxy) is 4. The summed E-state index contributed by atoms with van der Waals surface area (Å²) in [5.41, 5.74) is 10.4. The van der Waals surface area contributed by atoms with Gasteiger partial charge in [-0.05, 0) is 121 Å². The van der Waals surface area contributed by atoms with Crippen LogP contribution in [-0.4, -0.2) is 35.7 Å². The molecule has 376 valence electrons. The van der Waals surface area contributed by atoms with E-state index in [-0.39, 0.29) is 22.7 Å². The Morgan fingerprint density at radius 1 is 0.521 bits per heavy atom. The summed E-state index contributed by atoms with van der Waals surface area (Å²) < 4.78 is 198. The van der Waals surface area contributed by atoms with Gasteiger partial charge >= 0.3 is 12.7 Å². The second-order valence-corrected chi connectivity index (χ2v) is 13.8. The van der Waals surface area contributed by atoms with E-state index in [0.717, 1.165) is 84.9 Å². The van der Waals surface area contributed by atoms with Crippen LogP contribution in [0.3, 0.4) is 0 Å². The molecule has 12 nitrogen and oxygen atoms in total. The highest BCUT2D eigenvalue weighted by Gasteiger charge is 2.32. The summed E-state index contributed by atoms with van der Waals surface area (Å²) in [4.78, 5) is 45.9. The molecule has 6 rings (SSSR count). The summed E-state index contributed by atoms with van der Waals surface area (Å²) in [6, 6.07) is 17.1. The number of alkyl halides is 10. The van der Waals surface area contributed by atoms with E-state index in [1.165, 1.54) is 12.1 Å². The highest BCUT2D eigenvalue weighted by atomic mass is 35.5. The fourth-order valence-electron chi connectivity index (χ4n) is 5.44. The number of hydrogen-bond donors (Lipinski definition) is 4. The molecule has 0 spiro atoms. The molecular weight excluding hydrogens is 1010 g/mol. The molecular formula is C44H27ClF14N4O8. The van der Waals surface area contributed by atoms with Crippen molar-refractivity contribution in [2.24, 2.45) is 11.5 Å². The Morgan fingerprint density at radius 2 is 0.901 bits per heavy atom. The van der Waals surface area contributed by atoms with Gasteiger partial charge in [-0.15, -0.1) is 26.3 Å². The van der Waals surface area contributed by atoms with E-state index in [4.69, 9.17) is 38.3 Å². The maximum Gasteiger partial charge on any atom is 0.573 e. The van der Waals surface area contributed by atoms with Gasteiger partial charge < -0.3 is 41.5 Å². The smallest absolute Gasteiger partial charge is 0.456 e. The zero-order valence-corrected chi connectivity index (χ0v) is 35.5. The van der Waals surface area contributed by atoms with Crippen molar-refractivity contribution < 1.29 is 99.6 Å². The first-order chi connectivity index (χ1) is 33.0. The fourth-order valence-corrected chi connectivity index (χ4v) is 5.62. The van der Waals surface area contributed by atoms with E-state index in [2.05, 4.69) is 14.8 Å². The molecule has 0 bridgehead atoms. The molecule has 0 unspecified atom stereocenters. The summed E-state index contributed by atoms with van der Waals surface area (Å²) in [6.45, 7) is 0. The molecule has 0 aliphatic carbocycles. The lowest BCUT2D eigenvalue weighted by Crippen LogP contribution is -2.18. The number of nitrogens with two attached hydrogens (primary N) is 3. The van der Waals surface area contributed by atoms with E-state index < -0.39 is 123 Å². The number of carbonyl (C=O) groups is 4. The molecule has 0 saturated carbocycles. The zero-order chi connectivity index (χ0) is 53.1. The summed E-state index contributed by atoms with van der Waals surface area (Å²) in [6.07, 6.45) is -16.3. The van der Waals surface area contributed by atoms with E-state index >= 15 is 0 Å². The van der Waals surface area contributed by atoms with Gasteiger partial charge in [-0.3, -0.25) is 19.2 Å². The number of anilines is 2. The lowest BCUT2D eigenvalue weighted by Gasteiger charge is -2.15. The quantitative estimate of drug-likeness (QED) is 0.0494. The normalized spacial score (nSPS) is 11.1. The molecule has 0 fully saturated rings. The van der Waals surface area contributed by atoms with Gasteiger partial charge in [0.1, 0.15) is 68.9 Å². The molecule has 3 amide bonds. The Hall–Kier alpha value is -8.29. The van der Waals surface area contributed by atoms with Gasteiger partial charge in [0.2, 0.25) is 0 Å². The molecule has 27 heteroatoms. The third kappa shape index (κ3) is 15.9. The number of benzene rings is 6. The zero-order valence-electron chi connectivity index (χ0n) is 34.7. The van der Waals surface area contributed by atoms with E-state index in [9.17, 15) is 80.6 Å². The Kier molecular flexibility index (Phi) is 18.2. The molecule has 0 atom stereocenters. The lowest BCUT2D eigenvalue weighted by molar-refractivity contribution is -0.275. The third-order valence-corrected chi connectivity index (χ3v) is 8.67. The van der Waals surface area contributed by atoms with E-state index in [0.29, 0.717) is 17.8 Å². The summed E-state index contributed by atoms with van der Waals surface area (Å²) in [5.74, 6) is -10.5. The van der Waals surface area contributed by atoms with Gasteiger partial charge in [0.15, 0.2) is 0 Å². The monoisotopic (exact) mass is 1040 g/mol. The van der Waals surface area contributed by atoms with Crippen LogP contribution in [0.25, 0.3) is 0 Å². The second-order valence-electron chi connectivity index (χ2n) is 13.4. The number of halogens is 15.